The summed E-state index contributed by atoms with van der Waals surface area (Å²) >= 11 is 0. The maximum atomic E-state index is 11.7. The van der Waals surface area contributed by atoms with Crippen LogP contribution >= 0.6 is 0 Å². The summed E-state index contributed by atoms with van der Waals surface area (Å²) in [6.07, 6.45) is 3.42. The number of Topliss-reactive ketones (excluding diaryl/α,β-unsaturated/α-hetero) is 1. The van der Waals surface area contributed by atoms with Gasteiger partial charge in [-0.3, -0.25) is 10.4 Å². The van der Waals surface area contributed by atoms with E-state index in [0.29, 0.717) is 12.0 Å². The Hall–Kier alpha value is 1.29. The molecule has 22 heavy (non-hydrogen) atoms. The van der Waals surface area contributed by atoms with Crippen molar-refractivity contribution in [2.24, 2.45) is 0 Å². The van der Waals surface area contributed by atoms with Gasteiger partial charge < -0.3 is 18.1 Å². The molecule has 4 heteroatoms. The van der Waals surface area contributed by atoms with E-state index < -0.39 is 0 Å². The summed E-state index contributed by atoms with van der Waals surface area (Å²) in [5.41, 5.74) is 4.20. The fraction of sp³-hybridized carbons (Fsp3) is 0.222. The second kappa shape index (κ2) is 13.6. The molecule has 0 amide bonds. The van der Waals surface area contributed by atoms with Crippen molar-refractivity contribution in [1.82, 2.24) is 0 Å². The van der Waals surface area contributed by atoms with Crippen LogP contribution in [0.2, 0.25) is 0 Å². The van der Waals surface area contributed by atoms with Crippen molar-refractivity contribution in [2.45, 2.75) is 26.7 Å². The van der Waals surface area contributed by atoms with Crippen LogP contribution in [0, 0.1) is 12.5 Å². The zero-order valence-corrected chi connectivity index (χ0v) is 21.7. The molecule has 2 aromatic rings. The summed E-state index contributed by atoms with van der Waals surface area (Å²) in [5.74, 6) is 0.148. The molecular weight excluding hydrogens is 499 g/mol. The van der Waals surface area contributed by atoms with Crippen LogP contribution in [0.15, 0.2) is 42.5 Å². The second-order valence-electron chi connectivity index (χ2n) is 4.54. The number of carbonyl (C=O) groups is 1. The number of benzene rings is 2. The average Bonchev–Trinajstić information content (AvgIpc) is 2.48. The Balaban J connectivity index is 0. The van der Waals surface area contributed by atoms with Crippen LogP contribution in [0.3, 0.4) is 0 Å². The smallest absolute Gasteiger partial charge is 0.138 e. The Kier molecular flexibility index (Phi) is 15.7. The molecular formula is C18H18OY3-2. The molecule has 107 valence electrons. The molecule has 0 N–H and O–H groups in total. The first-order valence-electron chi connectivity index (χ1n) is 6.66. The van der Waals surface area contributed by atoms with Crippen molar-refractivity contribution in [3.8, 4) is 0 Å². The van der Waals surface area contributed by atoms with Gasteiger partial charge in [-0.1, -0.05) is 55.3 Å². The Morgan fingerprint density at radius 3 is 2.23 bits per heavy atom. The molecule has 0 unspecified atom stereocenters. The molecule has 0 spiro atoms. The van der Waals surface area contributed by atoms with Crippen molar-refractivity contribution in [3.05, 3.63) is 77.2 Å². The predicted molar refractivity (Wildman–Crippen MR) is 78.2 cm³/mol. The summed E-state index contributed by atoms with van der Waals surface area (Å²) in [5, 5.41) is 0. The van der Waals surface area contributed by atoms with Crippen LogP contribution < -0.4 is 0 Å². The Morgan fingerprint density at radius 1 is 1.05 bits per heavy atom. The first-order valence-corrected chi connectivity index (χ1v) is 6.66. The number of hydrogen-bond acceptors (Lipinski definition) is 1. The van der Waals surface area contributed by atoms with Crippen LogP contribution in [0.25, 0.3) is 0 Å². The minimum absolute atomic E-state index is 0. The average molecular weight is 517 g/mol. The van der Waals surface area contributed by atoms with Crippen LogP contribution in [-0.4, -0.2) is 5.78 Å². The minimum atomic E-state index is 0. The van der Waals surface area contributed by atoms with E-state index in [1.54, 1.807) is 0 Å². The van der Waals surface area contributed by atoms with Crippen LogP contribution in [0.1, 0.15) is 47.3 Å². The van der Waals surface area contributed by atoms with Crippen LogP contribution in [0.4, 0.5) is 0 Å². The quantitative estimate of drug-likeness (QED) is 0.429. The largest absolute Gasteiger partial charge is 0.367 e. The molecule has 2 aromatic carbocycles. The fourth-order valence-electron chi connectivity index (χ4n) is 2.12. The van der Waals surface area contributed by atoms with E-state index in [4.69, 9.17) is 0 Å². The zero-order valence-electron chi connectivity index (χ0n) is 13.2. The van der Waals surface area contributed by atoms with Gasteiger partial charge in [0, 0.05) is 105 Å². The second-order valence-corrected chi connectivity index (χ2v) is 4.54. The van der Waals surface area contributed by atoms with Gasteiger partial charge in [-0.25, -0.2) is 0 Å². The van der Waals surface area contributed by atoms with E-state index in [0.717, 1.165) is 12.0 Å². The van der Waals surface area contributed by atoms with E-state index in [2.05, 4.69) is 18.2 Å². The van der Waals surface area contributed by atoms with E-state index in [-0.39, 0.29) is 104 Å². The molecule has 0 bridgehead atoms. The molecule has 0 saturated carbocycles. The van der Waals surface area contributed by atoms with Gasteiger partial charge in [-0.2, -0.15) is 6.07 Å². The molecule has 0 aliphatic carbocycles. The van der Waals surface area contributed by atoms with Gasteiger partial charge in [-0.05, 0) is 0 Å². The molecule has 2 rings (SSSR count). The molecule has 0 heterocycles. The van der Waals surface area contributed by atoms with Crippen molar-refractivity contribution < 1.29 is 103 Å². The first-order chi connectivity index (χ1) is 9.24. The standard InChI is InChI=1S/C18H18O.3Y/c1-3-15-13-17(18(19)4-2)11-10-16(15)12-14-8-6-5-7-9-14;;;/h3,5-11H,4,12H2,1-2H3;;;/q-2;;;. The van der Waals surface area contributed by atoms with E-state index in [1.165, 1.54) is 11.1 Å². The zero-order chi connectivity index (χ0) is 13.7. The summed E-state index contributed by atoms with van der Waals surface area (Å²) in [4.78, 5) is 11.7. The number of hydrogen-bond donors (Lipinski definition) is 0. The van der Waals surface area contributed by atoms with E-state index in [1.807, 2.05) is 50.6 Å². The minimum Gasteiger partial charge on any atom is -0.367 e. The van der Waals surface area contributed by atoms with Crippen LogP contribution in [-0.2, 0) is 105 Å². The third-order valence-electron chi connectivity index (χ3n) is 3.21. The third kappa shape index (κ3) is 7.46. The summed E-state index contributed by atoms with van der Waals surface area (Å²) in [7, 11) is 0. The monoisotopic (exact) mass is 517 g/mol. The van der Waals surface area contributed by atoms with Gasteiger partial charge in [0.1, 0.15) is 5.78 Å². The maximum absolute atomic E-state index is 11.7. The molecule has 3 radical (unpaired) electrons. The van der Waals surface area contributed by atoms with E-state index >= 15 is 0 Å². The molecule has 0 atom stereocenters. The van der Waals surface area contributed by atoms with E-state index in [9.17, 15) is 4.79 Å². The molecule has 0 aliphatic rings. The normalized spacial score (nSPS) is 8.82. The molecule has 0 fully saturated rings. The number of carbonyl (C=O) groups excluding carboxylic acids is 1. The van der Waals surface area contributed by atoms with Gasteiger partial charge >= 0.3 is 0 Å². The number of ketones is 1. The Labute approximate surface area is 209 Å². The fourth-order valence-corrected chi connectivity index (χ4v) is 2.12. The van der Waals surface area contributed by atoms with Gasteiger partial charge in [-0.15, -0.1) is 12.5 Å². The van der Waals surface area contributed by atoms with Gasteiger partial charge in [0.2, 0.25) is 0 Å². The van der Waals surface area contributed by atoms with Crippen molar-refractivity contribution in [3.63, 3.8) is 0 Å². The van der Waals surface area contributed by atoms with Gasteiger partial charge in [0.05, 0.1) is 0 Å². The predicted octanol–water partition coefficient (Wildman–Crippen LogP) is 4.24. The molecule has 0 saturated heterocycles. The van der Waals surface area contributed by atoms with Gasteiger partial charge in [0.15, 0.2) is 0 Å². The number of rotatable bonds is 5. The Morgan fingerprint density at radius 2 is 1.68 bits per heavy atom. The molecule has 0 aliphatic heterocycles. The SMILES string of the molecule is C[CH-]c1[c-]c(C(=O)CC)ccc1Cc1ccccc1.[Y].[Y].[Y]. The maximum Gasteiger partial charge on any atom is 0.138 e. The summed E-state index contributed by atoms with van der Waals surface area (Å²) < 4.78 is 0. The van der Waals surface area contributed by atoms with Crippen molar-refractivity contribution in [2.75, 3.05) is 0 Å². The van der Waals surface area contributed by atoms with Crippen molar-refractivity contribution >= 4 is 5.78 Å². The summed E-state index contributed by atoms with van der Waals surface area (Å²) in [6, 6.07) is 17.5. The summed E-state index contributed by atoms with van der Waals surface area (Å²) in [6.45, 7) is 3.86. The van der Waals surface area contributed by atoms with Gasteiger partial charge in [0.25, 0.3) is 0 Å². The first kappa shape index (κ1) is 25.5. The van der Waals surface area contributed by atoms with Crippen LogP contribution in [0.5, 0.6) is 0 Å². The molecule has 0 aromatic heterocycles. The third-order valence-corrected chi connectivity index (χ3v) is 3.21. The Bertz CT molecular complexity index is 568. The topological polar surface area (TPSA) is 17.1 Å². The molecule has 1 nitrogen and oxygen atoms in total. The van der Waals surface area contributed by atoms with Crippen molar-refractivity contribution in [1.29, 1.82) is 0 Å².